The Morgan fingerprint density at radius 2 is 1.90 bits per heavy atom. The molecule has 3 nitrogen and oxygen atoms in total. The van der Waals surface area contributed by atoms with Crippen LogP contribution in [0.1, 0.15) is 16.7 Å². The van der Waals surface area contributed by atoms with Gasteiger partial charge in [-0.3, -0.25) is 0 Å². The summed E-state index contributed by atoms with van der Waals surface area (Å²) in [4.78, 5) is 0. The van der Waals surface area contributed by atoms with Crippen LogP contribution in [0.3, 0.4) is 0 Å². The van der Waals surface area contributed by atoms with E-state index < -0.39 is 0 Å². The number of rotatable bonds is 6. The number of ether oxygens (including phenoxy) is 1. The second-order valence-electron chi connectivity index (χ2n) is 4.99. The third kappa shape index (κ3) is 4.20. The second-order valence-corrected chi connectivity index (χ2v) is 4.99. The number of aryl methyl sites for hydroxylation is 1. The van der Waals surface area contributed by atoms with Gasteiger partial charge in [0, 0.05) is 18.2 Å². The molecule has 0 spiro atoms. The predicted octanol–water partition coefficient (Wildman–Crippen LogP) is 3.18. The first-order chi connectivity index (χ1) is 10.1. The van der Waals surface area contributed by atoms with Gasteiger partial charge in [0.25, 0.3) is 0 Å². The van der Waals surface area contributed by atoms with E-state index in [1.54, 1.807) is 19.2 Å². The molecule has 2 aromatic rings. The zero-order chi connectivity index (χ0) is 15.2. The number of hydrogen-bond donors (Lipinski definition) is 2. The lowest BCUT2D eigenvalue weighted by molar-refractivity contribution is 0.406. The quantitative estimate of drug-likeness (QED) is 0.803. The number of phenolic OH excluding ortho intramolecular Hbond substituents is 1. The minimum Gasteiger partial charge on any atom is -0.507 e. The van der Waals surface area contributed by atoms with Gasteiger partial charge in [0.15, 0.2) is 0 Å². The summed E-state index contributed by atoms with van der Waals surface area (Å²) in [5.41, 5.74) is 2.92. The molecule has 0 radical (unpaired) electrons. The van der Waals surface area contributed by atoms with Crippen molar-refractivity contribution < 1.29 is 14.2 Å². The number of nitrogens with one attached hydrogen (secondary N) is 1. The third-order valence-electron chi connectivity index (χ3n) is 3.48. The van der Waals surface area contributed by atoms with Crippen LogP contribution in [-0.2, 0) is 13.0 Å². The Hall–Kier alpha value is -2.07. The summed E-state index contributed by atoms with van der Waals surface area (Å²) in [6, 6.07) is 10.1. The first kappa shape index (κ1) is 15.3. The number of benzene rings is 2. The predicted molar refractivity (Wildman–Crippen MR) is 81.2 cm³/mol. The summed E-state index contributed by atoms with van der Waals surface area (Å²) in [7, 11) is 1.57. The molecule has 2 rings (SSSR count). The Balaban J connectivity index is 1.84. The van der Waals surface area contributed by atoms with Crippen LogP contribution in [0.15, 0.2) is 36.4 Å². The van der Waals surface area contributed by atoms with Crippen LogP contribution in [-0.4, -0.2) is 18.8 Å². The van der Waals surface area contributed by atoms with Crippen LogP contribution < -0.4 is 10.1 Å². The molecule has 112 valence electrons. The van der Waals surface area contributed by atoms with E-state index >= 15 is 0 Å². The summed E-state index contributed by atoms with van der Waals surface area (Å²) in [5, 5.41) is 13.1. The van der Waals surface area contributed by atoms with Crippen molar-refractivity contribution >= 4 is 0 Å². The van der Waals surface area contributed by atoms with E-state index in [1.165, 1.54) is 6.07 Å². The highest BCUT2D eigenvalue weighted by atomic mass is 19.1. The minimum absolute atomic E-state index is 0.202. The summed E-state index contributed by atoms with van der Waals surface area (Å²) < 4.78 is 18.1. The maximum atomic E-state index is 13.0. The number of aromatic hydroxyl groups is 1. The average molecular weight is 289 g/mol. The molecule has 0 unspecified atom stereocenters. The largest absolute Gasteiger partial charge is 0.507 e. The van der Waals surface area contributed by atoms with Gasteiger partial charge in [-0.2, -0.15) is 0 Å². The first-order valence-electron chi connectivity index (χ1n) is 6.92. The van der Waals surface area contributed by atoms with Crippen LogP contribution >= 0.6 is 0 Å². The summed E-state index contributed by atoms with van der Waals surface area (Å²) in [5.74, 6) is 0.658. The molecule has 0 bridgehead atoms. The fourth-order valence-electron chi connectivity index (χ4n) is 2.21. The highest BCUT2D eigenvalue weighted by molar-refractivity contribution is 5.39. The average Bonchev–Trinajstić information content (AvgIpc) is 2.46. The molecule has 0 aliphatic rings. The molecule has 0 aliphatic carbocycles. The van der Waals surface area contributed by atoms with Gasteiger partial charge in [0.2, 0.25) is 0 Å². The molecule has 0 saturated carbocycles. The van der Waals surface area contributed by atoms with Crippen LogP contribution in [0.5, 0.6) is 11.5 Å². The maximum absolute atomic E-state index is 13.0. The van der Waals surface area contributed by atoms with Crippen LogP contribution in [0.25, 0.3) is 0 Å². The molecule has 4 heteroatoms. The topological polar surface area (TPSA) is 41.5 Å². The second kappa shape index (κ2) is 7.09. The van der Waals surface area contributed by atoms with E-state index in [4.69, 9.17) is 4.74 Å². The monoisotopic (exact) mass is 289 g/mol. The number of phenols is 1. The van der Waals surface area contributed by atoms with Crippen molar-refractivity contribution in [2.45, 2.75) is 19.9 Å². The number of halogens is 1. The van der Waals surface area contributed by atoms with Crippen LogP contribution in [0, 0.1) is 12.7 Å². The van der Waals surface area contributed by atoms with Crippen LogP contribution in [0.4, 0.5) is 4.39 Å². The van der Waals surface area contributed by atoms with Crippen molar-refractivity contribution in [1.82, 2.24) is 5.32 Å². The lowest BCUT2D eigenvalue weighted by Crippen LogP contribution is -2.17. The van der Waals surface area contributed by atoms with Gasteiger partial charge in [-0.1, -0.05) is 12.1 Å². The summed E-state index contributed by atoms with van der Waals surface area (Å²) in [6.07, 6.45) is 0.822. The lowest BCUT2D eigenvalue weighted by atomic mass is 10.1. The molecule has 21 heavy (non-hydrogen) atoms. The van der Waals surface area contributed by atoms with Gasteiger partial charge in [0.1, 0.15) is 17.3 Å². The molecule has 0 aliphatic heterocycles. The van der Waals surface area contributed by atoms with Crippen molar-refractivity contribution in [1.29, 1.82) is 0 Å². The molecule has 2 N–H and O–H groups in total. The van der Waals surface area contributed by atoms with Crippen molar-refractivity contribution in [2.24, 2.45) is 0 Å². The third-order valence-corrected chi connectivity index (χ3v) is 3.48. The SMILES string of the molecule is COc1ccc(CNCCc2ccc(F)cc2C)c(O)c1. The maximum Gasteiger partial charge on any atom is 0.123 e. The highest BCUT2D eigenvalue weighted by Gasteiger charge is 2.03. The van der Waals surface area contributed by atoms with Gasteiger partial charge < -0.3 is 15.2 Å². The number of methoxy groups -OCH3 is 1. The Bertz CT molecular complexity index is 614. The van der Waals surface area contributed by atoms with Crippen LogP contribution in [0.2, 0.25) is 0 Å². The molecule has 0 heterocycles. The lowest BCUT2D eigenvalue weighted by Gasteiger charge is -2.09. The molecule has 0 saturated heterocycles. The smallest absolute Gasteiger partial charge is 0.123 e. The van der Waals surface area contributed by atoms with E-state index in [0.717, 1.165) is 29.7 Å². The Morgan fingerprint density at radius 1 is 1.14 bits per heavy atom. The van der Waals surface area contributed by atoms with E-state index in [-0.39, 0.29) is 11.6 Å². The molecule has 2 aromatic carbocycles. The Morgan fingerprint density at radius 3 is 2.57 bits per heavy atom. The molecule has 0 atom stereocenters. The van der Waals surface area contributed by atoms with E-state index in [2.05, 4.69) is 5.32 Å². The molecule has 0 fully saturated rings. The summed E-state index contributed by atoms with van der Waals surface area (Å²) in [6.45, 7) is 3.25. The van der Waals surface area contributed by atoms with E-state index in [1.807, 2.05) is 25.1 Å². The van der Waals surface area contributed by atoms with Crippen molar-refractivity contribution in [2.75, 3.05) is 13.7 Å². The standard InChI is InChI=1S/C17H20FNO2/c1-12-9-15(18)5-3-13(12)7-8-19-11-14-4-6-16(21-2)10-17(14)20/h3-6,9-10,19-20H,7-8,11H2,1-2H3. The summed E-state index contributed by atoms with van der Waals surface area (Å²) >= 11 is 0. The van der Waals surface area contributed by atoms with Gasteiger partial charge in [0.05, 0.1) is 7.11 Å². The molecule has 0 amide bonds. The molecular weight excluding hydrogens is 269 g/mol. The van der Waals surface area contributed by atoms with Gasteiger partial charge >= 0.3 is 0 Å². The molecule has 0 aromatic heterocycles. The Labute approximate surface area is 124 Å². The van der Waals surface area contributed by atoms with Crippen molar-refractivity contribution in [3.8, 4) is 11.5 Å². The van der Waals surface area contributed by atoms with Crippen molar-refractivity contribution in [3.63, 3.8) is 0 Å². The van der Waals surface area contributed by atoms with Gasteiger partial charge in [-0.25, -0.2) is 4.39 Å². The van der Waals surface area contributed by atoms with E-state index in [0.29, 0.717) is 12.3 Å². The first-order valence-corrected chi connectivity index (χ1v) is 6.92. The minimum atomic E-state index is -0.202. The fraction of sp³-hybridized carbons (Fsp3) is 0.294. The zero-order valence-corrected chi connectivity index (χ0v) is 12.3. The number of hydrogen-bond acceptors (Lipinski definition) is 3. The van der Waals surface area contributed by atoms with Gasteiger partial charge in [-0.15, -0.1) is 0 Å². The Kier molecular flexibility index (Phi) is 5.17. The van der Waals surface area contributed by atoms with Gasteiger partial charge in [-0.05, 0) is 49.2 Å². The fourth-order valence-corrected chi connectivity index (χ4v) is 2.21. The van der Waals surface area contributed by atoms with E-state index in [9.17, 15) is 9.50 Å². The molecular formula is C17H20FNO2. The zero-order valence-electron chi connectivity index (χ0n) is 12.3. The normalized spacial score (nSPS) is 10.6. The highest BCUT2D eigenvalue weighted by Crippen LogP contribution is 2.23. The van der Waals surface area contributed by atoms with Crippen molar-refractivity contribution in [3.05, 3.63) is 58.9 Å².